The van der Waals surface area contributed by atoms with Crippen LogP contribution >= 0.6 is 0 Å². The van der Waals surface area contributed by atoms with E-state index < -0.39 is 11.2 Å². The number of rotatable bonds is 11. The van der Waals surface area contributed by atoms with Crippen LogP contribution in [0.25, 0.3) is 0 Å². The van der Waals surface area contributed by atoms with E-state index in [1.165, 1.54) is 4.57 Å². The number of hydrogen-bond acceptors (Lipinski definition) is 6. The van der Waals surface area contributed by atoms with Crippen LogP contribution in [0.2, 0.25) is 0 Å². The van der Waals surface area contributed by atoms with E-state index in [4.69, 9.17) is 10.5 Å². The topological polar surface area (TPSA) is 122 Å². The molecule has 0 saturated heterocycles. The minimum Gasteiger partial charge on any atom is -0.457 e. The van der Waals surface area contributed by atoms with Crippen molar-refractivity contribution in [2.24, 2.45) is 5.92 Å². The molecule has 0 atom stereocenters. The molecule has 0 radical (unpaired) electrons. The lowest BCUT2D eigenvalue weighted by molar-refractivity contribution is -0.115. The van der Waals surface area contributed by atoms with E-state index in [-0.39, 0.29) is 29.9 Å². The van der Waals surface area contributed by atoms with Crippen molar-refractivity contribution in [1.29, 1.82) is 0 Å². The van der Waals surface area contributed by atoms with Gasteiger partial charge in [-0.05, 0) is 48.7 Å². The van der Waals surface area contributed by atoms with Crippen LogP contribution in [-0.2, 0) is 11.3 Å². The molecule has 2 aromatic carbocycles. The number of unbranched alkanes of at least 4 members (excludes halogenated alkanes) is 1. The van der Waals surface area contributed by atoms with Crippen LogP contribution in [0.5, 0.6) is 11.5 Å². The SMILES string of the molecule is CCCCn1c(N)c(N(CC(=O)Nc2ccc(Oc3ccccc3)cc2)CC(C)C)c(=O)[nH]c1=O. The van der Waals surface area contributed by atoms with Gasteiger partial charge in [0.15, 0.2) is 0 Å². The van der Waals surface area contributed by atoms with Crippen molar-refractivity contribution in [2.45, 2.75) is 40.2 Å². The van der Waals surface area contributed by atoms with E-state index in [1.807, 2.05) is 51.1 Å². The Morgan fingerprint density at radius 1 is 1.09 bits per heavy atom. The first-order valence-corrected chi connectivity index (χ1v) is 11.8. The number of hydrogen-bond donors (Lipinski definition) is 3. The van der Waals surface area contributed by atoms with E-state index in [1.54, 1.807) is 29.2 Å². The largest absolute Gasteiger partial charge is 0.457 e. The van der Waals surface area contributed by atoms with Gasteiger partial charge in [-0.1, -0.05) is 45.4 Å². The van der Waals surface area contributed by atoms with E-state index >= 15 is 0 Å². The molecule has 0 saturated carbocycles. The number of carbonyl (C=O) groups excluding carboxylic acids is 1. The number of carbonyl (C=O) groups is 1. The Morgan fingerprint density at radius 3 is 2.37 bits per heavy atom. The quantitative estimate of drug-likeness (QED) is 0.384. The van der Waals surface area contributed by atoms with E-state index in [0.29, 0.717) is 24.5 Å². The number of aromatic amines is 1. The third-order valence-electron chi connectivity index (χ3n) is 5.30. The first-order chi connectivity index (χ1) is 16.8. The molecule has 0 aliphatic carbocycles. The van der Waals surface area contributed by atoms with Crippen molar-refractivity contribution in [1.82, 2.24) is 9.55 Å². The van der Waals surface area contributed by atoms with Crippen molar-refractivity contribution >= 4 is 23.1 Å². The number of para-hydroxylation sites is 1. The minimum absolute atomic E-state index is 0.0723. The third kappa shape index (κ3) is 6.99. The van der Waals surface area contributed by atoms with Crippen molar-refractivity contribution in [3.63, 3.8) is 0 Å². The van der Waals surface area contributed by atoms with Crippen molar-refractivity contribution in [3.05, 3.63) is 75.4 Å². The first kappa shape index (κ1) is 25.6. The predicted molar refractivity (Wildman–Crippen MR) is 139 cm³/mol. The summed E-state index contributed by atoms with van der Waals surface area (Å²) in [5.74, 6) is 1.27. The number of nitrogens with two attached hydrogens (primary N) is 1. The van der Waals surface area contributed by atoms with Crippen molar-refractivity contribution in [3.8, 4) is 11.5 Å². The highest BCUT2D eigenvalue weighted by Crippen LogP contribution is 2.23. The van der Waals surface area contributed by atoms with Crippen LogP contribution in [0.15, 0.2) is 64.2 Å². The van der Waals surface area contributed by atoms with Crippen molar-refractivity contribution < 1.29 is 9.53 Å². The molecule has 1 amide bonds. The molecule has 9 nitrogen and oxygen atoms in total. The fourth-order valence-corrected chi connectivity index (χ4v) is 3.70. The molecule has 1 aromatic heterocycles. The summed E-state index contributed by atoms with van der Waals surface area (Å²) in [4.78, 5) is 41.9. The molecule has 35 heavy (non-hydrogen) atoms. The maximum atomic E-state index is 12.9. The summed E-state index contributed by atoms with van der Waals surface area (Å²) < 4.78 is 7.14. The van der Waals surface area contributed by atoms with Gasteiger partial charge >= 0.3 is 5.69 Å². The molecule has 0 aliphatic heterocycles. The molecule has 0 aliphatic rings. The Balaban J connectivity index is 1.76. The smallest absolute Gasteiger partial charge is 0.330 e. The van der Waals surface area contributed by atoms with Gasteiger partial charge in [0.1, 0.15) is 23.0 Å². The highest BCUT2D eigenvalue weighted by Gasteiger charge is 2.22. The molecule has 3 aromatic rings. The number of amides is 1. The number of benzene rings is 2. The van der Waals surface area contributed by atoms with Gasteiger partial charge in [0.05, 0.1) is 6.54 Å². The average Bonchev–Trinajstić information content (AvgIpc) is 2.80. The van der Waals surface area contributed by atoms with Crippen LogP contribution in [-0.4, -0.2) is 28.5 Å². The molecule has 4 N–H and O–H groups in total. The summed E-state index contributed by atoms with van der Waals surface area (Å²) in [5, 5.41) is 2.85. The van der Waals surface area contributed by atoms with Crippen LogP contribution in [0, 0.1) is 5.92 Å². The first-order valence-electron chi connectivity index (χ1n) is 11.8. The van der Waals surface area contributed by atoms with Gasteiger partial charge in [-0.3, -0.25) is 19.1 Å². The van der Waals surface area contributed by atoms with Crippen molar-refractivity contribution in [2.75, 3.05) is 29.0 Å². The Morgan fingerprint density at radius 2 is 1.74 bits per heavy atom. The Bertz CT molecular complexity index is 1230. The zero-order valence-corrected chi connectivity index (χ0v) is 20.4. The minimum atomic E-state index is -0.601. The summed E-state index contributed by atoms with van der Waals surface area (Å²) in [6, 6.07) is 16.4. The number of H-pyrrole nitrogens is 1. The monoisotopic (exact) mass is 479 g/mol. The lowest BCUT2D eigenvalue weighted by Crippen LogP contribution is -2.43. The van der Waals surface area contributed by atoms with Gasteiger partial charge in [-0.25, -0.2) is 4.79 Å². The van der Waals surface area contributed by atoms with Crippen LogP contribution in [0.1, 0.15) is 33.6 Å². The average molecular weight is 480 g/mol. The Labute approximate surface area is 204 Å². The molecule has 1 heterocycles. The van der Waals surface area contributed by atoms with Gasteiger partial charge in [0.25, 0.3) is 5.56 Å². The second-order valence-corrected chi connectivity index (χ2v) is 8.76. The van der Waals surface area contributed by atoms with Gasteiger partial charge in [0.2, 0.25) is 5.91 Å². The summed E-state index contributed by atoms with van der Waals surface area (Å²) >= 11 is 0. The van der Waals surface area contributed by atoms with Gasteiger partial charge in [0, 0.05) is 18.8 Å². The summed E-state index contributed by atoms with van der Waals surface area (Å²) in [6.07, 6.45) is 1.61. The molecule has 0 unspecified atom stereocenters. The zero-order valence-electron chi connectivity index (χ0n) is 20.4. The van der Waals surface area contributed by atoms with E-state index in [0.717, 1.165) is 18.6 Å². The summed E-state index contributed by atoms with van der Waals surface area (Å²) in [6.45, 7) is 6.67. The molecule has 3 rings (SSSR count). The zero-order chi connectivity index (χ0) is 25.4. The normalized spacial score (nSPS) is 10.9. The van der Waals surface area contributed by atoms with Gasteiger partial charge in [-0.2, -0.15) is 0 Å². The Kier molecular flexibility index (Phi) is 8.72. The molecular formula is C26H33N5O4. The summed E-state index contributed by atoms with van der Waals surface area (Å²) in [5.41, 5.74) is 5.85. The fourth-order valence-electron chi connectivity index (χ4n) is 3.70. The molecular weight excluding hydrogens is 446 g/mol. The van der Waals surface area contributed by atoms with Gasteiger partial charge in [-0.15, -0.1) is 0 Å². The van der Waals surface area contributed by atoms with Crippen LogP contribution < -0.4 is 31.9 Å². The number of nitrogen functional groups attached to an aromatic ring is 1. The lowest BCUT2D eigenvalue weighted by atomic mass is 10.2. The van der Waals surface area contributed by atoms with Gasteiger partial charge < -0.3 is 20.7 Å². The highest BCUT2D eigenvalue weighted by molar-refractivity contribution is 5.94. The maximum absolute atomic E-state index is 12.9. The highest BCUT2D eigenvalue weighted by atomic mass is 16.5. The lowest BCUT2D eigenvalue weighted by Gasteiger charge is -2.27. The van der Waals surface area contributed by atoms with E-state index in [2.05, 4.69) is 10.3 Å². The number of anilines is 3. The fraction of sp³-hybridized carbons (Fsp3) is 0.346. The number of aromatic nitrogens is 2. The predicted octanol–water partition coefficient (Wildman–Crippen LogP) is 3.81. The van der Waals surface area contributed by atoms with E-state index in [9.17, 15) is 14.4 Å². The van der Waals surface area contributed by atoms with Crippen LogP contribution in [0.4, 0.5) is 17.2 Å². The van der Waals surface area contributed by atoms with Crippen LogP contribution in [0.3, 0.4) is 0 Å². The second-order valence-electron chi connectivity index (χ2n) is 8.76. The second kappa shape index (κ2) is 11.9. The number of ether oxygens (including phenoxy) is 1. The molecule has 0 fully saturated rings. The molecule has 9 heteroatoms. The molecule has 0 spiro atoms. The third-order valence-corrected chi connectivity index (χ3v) is 5.30. The molecule has 0 bridgehead atoms. The standard InChI is InChI=1S/C26H33N5O4/c1-4-5-15-31-24(27)23(25(33)29-26(31)34)30(16-18(2)3)17-22(32)28-19-11-13-21(14-12-19)35-20-9-7-6-8-10-20/h6-14,18H,4-5,15-17,27H2,1-3H3,(H,28,32)(H,29,33,34). The Hall–Kier alpha value is -4.01. The maximum Gasteiger partial charge on any atom is 0.330 e. The number of nitrogens with one attached hydrogen (secondary N) is 2. The summed E-state index contributed by atoms with van der Waals surface area (Å²) in [7, 11) is 0. The molecule has 186 valence electrons. The number of nitrogens with zero attached hydrogens (tertiary/aromatic N) is 2.